The van der Waals surface area contributed by atoms with Crippen LogP contribution in [0, 0.1) is 12.3 Å². The lowest BCUT2D eigenvalue weighted by atomic mass is 9.82. The molecule has 2 saturated heterocycles. The highest BCUT2D eigenvalue weighted by Crippen LogP contribution is 2.40. The topological polar surface area (TPSA) is 76.6 Å². The van der Waals surface area contributed by atoms with Crippen LogP contribution in [0.5, 0.6) is 11.5 Å². The Labute approximate surface area is 211 Å². The minimum atomic E-state index is -0.202. The molecular weight excluding hydrogens is 452 g/mol. The molecule has 7 nitrogen and oxygen atoms in total. The predicted octanol–water partition coefficient (Wildman–Crippen LogP) is 4.79. The summed E-state index contributed by atoms with van der Waals surface area (Å²) in [6.45, 7) is 0. The largest absolute Gasteiger partial charge is 0.493 e. The number of carbonyl (C=O) groups excluding carboxylic acids is 1. The Kier molecular flexibility index (Phi) is 5.88. The maximum Gasteiger partial charge on any atom is 0.298 e. The normalized spacial score (nSPS) is 22.6. The minimum Gasteiger partial charge on any atom is -0.493 e. The number of benzene rings is 2. The van der Waals surface area contributed by atoms with Crippen molar-refractivity contribution < 1.29 is 14.3 Å². The van der Waals surface area contributed by atoms with Crippen molar-refractivity contribution in [1.29, 1.82) is 0 Å². The van der Waals surface area contributed by atoms with Gasteiger partial charge in [0, 0.05) is 42.1 Å². The number of anilines is 2. The number of piperidine rings is 2. The molecule has 3 aromatic rings. The Morgan fingerprint density at radius 3 is 2.72 bits per heavy atom. The third-order valence-corrected chi connectivity index (χ3v) is 7.90. The number of aryl methyl sites for hydroxylation is 1. The Morgan fingerprint density at radius 2 is 1.94 bits per heavy atom. The number of rotatable bonds is 5. The summed E-state index contributed by atoms with van der Waals surface area (Å²) in [5, 5.41) is 4.44. The maximum atomic E-state index is 12.4. The summed E-state index contributed by atoms with van der Waals surface area (Å²) >= 11 is 0. The molecule has 0 spiro atoms. The molecule has 1 aliphatic carbocycles. The van der Waals surface area contributed by atoms with Gasteiger partial charge in [-0.3, -0.25) is 4.79 Å². The van der Waals surface area contributed by atoms with E-state index in [1.807, 2.05) is 17.0 Å². The fourth-order valence-corrected chi connectivity index (χ4v) is 6.29. The van der Waals surface area contributed by atoms with Crippen molar-refractivity contribution in [3.05, 3.63) is 47.8 Å². The van der Waals surface area contributed by atoms with Gasteiger partial charge in [0.25, 0.3) is 5.91 Å². The van der Waals surface area contributed by atoms with Crippen LogP contribution in [0.3, 0.4) is 0 Å². The fraction of sp³-hybridized carbons (Fsp3) is 0.414. The molecule has 1 aromatic heterocycles. The number of hydrogen-bond acceptors (Lipinski definition) is 6. The third-order valence-electron chi connectivity index (χ3n) is 7.90. The van der Waals surface area contributed by atoms with Gasteiger partial charge >= 0.3 is 0 Å². The number of ether oxygens (including phenoxy) is 2. The van der Waals surface area contributed by atoms with Crippen LogP contribution in [0.1, 0.15) is 49.7 Å². The van der Waals surface area contributed by atoms with E-state index in [0.717, 1.165) is 67.4 Å². The highest BCUT2D eigenvalue weighted by Gasteiger charge is 2.41. The van der Waals surface area contributed by atoms with Gasteiger partial charge in [0.2, 0.25) is 0 Å². The third kappa shape index (κ3) is 4.01. The van der Waals surface area contributed by atoms with Gasteiger partial charge in [0.05, 0.1) is 12.6 Å². The quantitative estimate of drug-likeness (QED) is 0.527. The second kappa shape index (κ2) is 9.34. The first-order valence-electron chi connectivity index (χ1n) is 12.8. The summed E-state index contributed by atoms with van der Waals surface area (Å²) < 4.78 is 12.3. The van der Waals surface area contributed by atoms with E-state index in [1.54, 1.807) is 13.4 Å². The monoisotopic (exact) mass is 482 g/mol. The molecule has 6 rings (SSSR count). The molecule has 2 bridgehead atoms. The lowest BCUT2D eigenvalue weighted by Gasteiger charge is -2.47. The van der Waals surface area contributed by atoms with Crippen molar-refractivity contribution in [1.82, 2.24) is 14.9 Å². The van der Waals surface area contributed by atoms with Gasteiger partial charge in [0.1, 0.15) is 18.2 Å². The van der Waals surface area contributed by atoms with Crippen molar-refractivity contribution in [3.8, 4) is 23.8 Å². The van der Waals surface area contributed by atoms with Crippen LogP contribution in [-0.2, 0) is 17.6 Å². The fourth-order valence-electron chi connectivity index (χ4n) is 6.29. The summed E-state index contributed by atoms with van der Waals surface area (Å²) in [4.78, 5) is 23.3. The molecule has 2 aliphatic heterocycles. The highest BCUT2D eigenvalue weighted by molar-refractivity contribution is 5.94. The van der Waals surface area contributed by atoms with Crippen LogP contribution in [0.2, 0.25) is 0 Å². The number of methoxy groups -OCH3 is 1. The summed E-state index contributed by atoms with van der Waals surface area (Å²) in [5.74, 6) is 4.17. The summed E-state index contributed by atoms with van der Waals surface area (Å²) in [6, 6.07) is 10.6. The first-order chi connectivity index (χ1) is 17.6. The number of fused-ring (bicyclic) bond motifs is 4. The number of nitrogens with one attached hydrogen (secondary N) is 1. The highest BCUT2D eigenvalue weighted by atomic mass is 16.5. The van der Waals surface area contributed by atoms with Crippen LogP contribution in [0.4, 0.5) is 11.5 Å². The van der Waals surface area contributed by atoms with Crippen molar-refractivity contribution in [2.24, 2.45) is 0 Å². The standard InChI is InChI=1S/C29H30N4O3/c1-3-28(34)33-19-9-6-10-20(33)14-21(13-19)36-27-15-23-25(16-26(27)35-2)30-17-31-29(23)32-24-12-5-8-18-7-4-11-22(18)24/h1,5,8,12,15-17,19-21H,4,6-7,9-11,13-14H2,2H3,(H,30,31,32). The van der Waals surface area contributed by atoms with E-state index < -0.39 is 0 Å². The summed E-state index contributed by atoms with van der Waals surface area (Å²) in [5.41, 5.74) is 4.66. The first kappa shape index (κ1) is 22.7. The van der Waals surface area contributed by atoms with Crippen molar-refractivity contribution >= 4 is 28.3 Å². The van der Waals surface area contributed by atoms with Crippen LogP contribution < -0.4 is 14.8 Å². The molecule has 1 N–H and O–H groups in total. The molecule has 2 fully saturated rings. The Morgan fingerprint density at radius 1 is 1.11 bits per heavy atom. The summed E-state index contributed by atoms with van der Waals surface area (Å²) in [6.07, 6.45) is 14.9. The molecular formula is C29H30N4O3. The smallest absolute Gasteiger partial charge is 0.298 e. The average molecular weight is 483 g/mol. The van der Waals surface area contributed by atoms with E-state index in [9.17, 15) is 4.79 Å². The number of aromatic nitrogens is 2. The van der Waals surface area contributed by atoms with E-state index >= 15 is 0 Å². The van der Waals surface area contributed by atoms with Gasteiger partial charge in [-0.25, -0.2) is 9.97 Å². The van der Waals surface area contributed by atoms with E-state index in [-0.39, 0.29) is 24.1 Å². The van der Waals surface area contributed by atoms with Crippen molar-refractivity contribution in [3.63, 3.8) is 0 Å². The van der Waals surface area contributed by atoms with Crippen LogP contribution in [0.25, 0.3) is 10.9 Å². The van der Waals surface area contributed by atoms with Crippen LogP contribution in [-0.4, -0.2) is 46.1 Å². The number of nitrogens with zero attached hydrogens (tertiary/aromatic N) is 3. The van der Waals surface area contributed by atoms with Crippen molar-refractivity contribution in [2.75, 3.05) is 12.4 Å². The number of terminal acetylenes is 1. The molecule has 2 atom stereocenters. The predicted molar refractivity (Wildman–Crippen MR) is 139 cm³/mol. The maximum absolute atomic E-state index is 12.4. The van der Waals surface area contributed by atoms with Gasteiger partial charge in [-0.1, -0.05) is 12.1 Å². The van der Waals surface area contributed by atoms with Gasteiger partial charge in [0.15, 0.2) is 11.5 Å². The zero-order valence-electron chi connectivity index (χ0n) is 20.5. The second-order valence-corrected chi connectivity index (χ2v) is 9.97. The lowest BCUT2D eigenvalue weighted by molar-refractivity contribution is -0.136. The first-order valence-corrected chi connectivity index (χ1v) is 12.8. The molecule has 36 heavy (non-hydrogen) atoms. The molecule has 7 heteroatoms. The SMILES string of the molecule is C#CC(=O)N1C2CCCC1CC(Oc1cc3c(Nc4cccc5c4CCC5)ncnc3cc1OC)C2. The number of amides is 1. The van der Waals surface area contributed by atoms with Gasteiger partial charge < -0.3 is 19.7 Å². The van der Waals surface area contributed by atoms with Crippen molar-refractivity contribution in [2.45, 2.75) is 69.6 Å². The Bertz CT molecular complexity index is 1350. The Balaban J connectivity index is 1.31. The molecule has 3 aliphatic rings. The van der Waals surface area contributed by atoms with Crippen LogP contribution >= 0.6 is 0 Å². The molecule has 2 unspecified atom stereocenters. The molecule has 184 valence electrons. The lowest BCUT2D eigenvalue weighted by Crippen LogP contribution is -2.56. The molecule has 0 radical (unpaired) electrons. The van der Waals surface area contributed by atoms with E-state index in [0.29, 0.717) is 11.5 Å². The number of carbonyl (C=O) groups is 1. The van der Waals surface area contributed by atoms with E-state index in [2.05, 4.69) is 39.4 Å². The zero-order chi connectivity index (χ0) is 24.6. The number of hydrogen-bond donors (Lipinski definition) is 1. The average Bonchev–Trinajstić information content (AvgIpc) is 3.38. The Hall–Kier alpha value is -3.79. The van der Waals surface area contributed by atoms with Crippen LogP contribution in [0.15, 0.2) is 36.7 Å². The van der Waals surface area contributed by atoms with E-state index in [4.69, 9.17) is 15.9 Å². The molecule has 2 aromatic carbocycles. The van der Waals surface area contributed by atoms with Gasteiger partial charge in [-0.05, 0) is 67.7 Å². The van der Waals surface area contributed by atoms with Gasteiger partial charge in [-0.15, -0.1) is 6.42 Å². The van der Waals surface area contributed by atoms with Gasteiger partial charge in [-0.2, -0.15) is 0 Å². The molecule has 0 saturated carbocycles. The minimum absolute atomic E-state index is 0.0214. The summed E-state index contributed by atoms with van der Waals surface area (Å²) in [7, 11) is 1.64. The van der Waals surface area contributed by atoms with E-state index in [1.165, 1.54) is 17.5 Å². The second-order valence-electron chi connectivity index (χ2n) is 9.97. The molecule has 1 amide bonds. The molecule has 3 heterocycles. The zero-order valence-corrected chi connectivity index (χ0v) is 20.5.